The van der Waals surface area contributed by atoms with Crippen LogP contribution in [0.4, 0.5) is 0 Å². The van der Waals surface area contributed by atoms with E-state index in [2.05, 4.69) is 12.2 Å². The summed E-state index contributed by atoms with van der Waals surface area (Å²) in [4.78, 5) is 11.7. The van der Waals surface area contributed by atoms with Gasteiger partial charge in [-0.2, -0.15) is 0 Å². The fourth-order valence-corrected chi connectivity index (χ4v) is 2.47. The SMILES string of the molecule is CC(C)OCC(=O)N[C@H](C)C1CCCCCC1. The van der Waals surface area contributed by atoms with Gasteiger partial charge in [0, 0.05) is 6.04 Å². The van der Waals surface area contributed by atoms with Gasteiger partial charge in [0.25, 0.3) is 0 Å². The summed E-state index contributed by atoms with van der Waals surface area (Å²) in [5.41, 5.74) is 0. The van der Waals surface area contributed by atoms with Crippen molar-refractivity contribution < 1.29 is 9.53 Å². The van der Waals surface area contributed by atoms with Gasteiger partial charge in [-0.15, -0.1) is 0 Å². The van der Waals surface area contributed by atoms with E-state index in [9.17, 15) is 4.79 Å². The van der Waals surface area contributed by atoms with Gasteiger partial charge in [0.15, 0.2) is 0 Å². The number of carbonyl (C=O) groups is 1. The van der Waals surface area contributed by atoms with Crippen molar-refractivity contribution in [3.63, 3.8) is 0 Å². The molecule has 1 atom stereocenters. The Bertz CT molecular complexity index is 220. The first-order valence-corrected chi connectivity index (χ1v) is 7.00. The third-order valence-corrected chi connectivity index (χ3v) is 3.54. The number of ether oxygens (including phenoxy) is 1. The standard InChI is InChI=1S/C14H27NO2/c1-11(2)17-10-14(16)15-12(3)13-8-6-4-5-7-9-13/h11-13H,4-10H2,1-3H3,(H,15,16)/t12-/m1/s1. The summed E-state index contributed by atoms with van der Waals surface area (Å²) < 4.78 is 5.30. The molecule has 0 spiro atoms. The van der Waals surface area contributed by atoms with Gasteiger partial charge in [-0.1, -0.05) is 25.7 Å². The molecule has 0 bridgehead atoms. The molecular weight excluding hydrogens is 214 g/mol. The highest BCUT2D eigenvalue weighted by molar-refractivity contribution is 5.77. The van der Waals surface area contributed by atoms with E-state index in [1.165, 1.54) is 38.5 Å². The Hall–Kier alpha value is -0.570. The van der Waals surface area contributed by atoms with Crippen LogP contribution in [0.3, 0.4) is 0 Å². The zero-order chi connectivity index (χ0) is 12.7. The number of nitrogens with one attached hydrogen (secondary N) is 1. The van der Waals surface area contributed by atoms with Crippen molar-refractivity contribution in [1.82, 2.24) is 5.32 Å². The van der Waals surface area contributed by atoms with Crippen LogP contribution in [0.5, 0.6) is 0 Å². The van der Waals surface area contributed by atoms with E-state index in [1.54, 1.807) is 0 Å². The maximum Gasteiger partial charge on any atom is 0.246 e. The molecule has 1 fully saturated rings. The van der Waals surface area contributed by atoms with Crippen molar-refractivity contribution in [3.05, 3.63) is 0 Å². The lowest BCUT2D eigenvalue weighted by molar-refractivity contribution is -0.128. The van der Waals surface area contributed by atoms with Crippen LogP contribution < -0.4 is 5.32 Å². The second kappa shape index (κ2) is 7.70. The predicted molar refractivity (Wildman–Crippen MR) is 69.9 cm³/mol. The Morgan fingerprint density at radius 1 is 1.18 bits per heavy atom. The number of carbonyl (C=O) groups excluding carboxylic acids is 1. The Labute approximate surface area is 105 Å². The highest BCUT2D eigenvalue weighted by Gasteiger charge is 2.20. The lowest BCUT2D eigenvalue weighted by Gasteiger charge is -2.23. The molecule has 3 nitrogen and oxygen atoms in total. The molecule has 0 aromatic rings. The summed E-state index contributed by atoms with van der Waals surface area (Å²) in [5.74, 6) is 0.677. The molecular formula is C14H27NO2. The summed E-state index contributed by atoms with van der Waals surface area (Å²) in [5, 5.41) is 3.07. The van der Waals surface area contributed by atoms with Gasteiger partial charge in [-0.25, -0.2) is 0 Å². The third kappa shape index (κ3) is 6.06. The van der Waals surface area contributed by atoms with Crippen LogP contribution >= 0.6 is 0 Å². The molecule has 1 aliphatic carbocycles. The maximum atomic E-state index is 11.7. The Morgan fingerprint density at radius 3 is 2.29 bits per heavy atom. The molecule has 17 heavy (non-hydrogen) atoms. The number of hydrogen-bond donors (Lipinski definition) is 1. The van der Waals surface area contributed by atoms with Crippen LogP contribution in [0.15, 0.2) is 0 Å². The van der Waals surface area contributed by atoms with E-state index >= 15 is 0 Å². The maximum absolute atomic E-state index is 11.7. The first kappa shape index (κ1) is 14.5. The quantitative estimate of drug-likeness (QED) is 0.752. The number of hydrogen-bond acceptors (Lipinski definition) is 2. The molecule has 1 rings (SSSR count). The van der Waals surface area contributed by atoms with Gasteiger partial charge in [0.2, 0.25) is 5.91 Å². The molecule has 0 aromatic heterocycles. The van der Waals surface area contributed by atoms with Crippen LogP contribution in [-0.2, 0) is 9.53 Å². The van der Waals surface area contributed by atoms with Crippen molar-refractivity contribution >= 4 is 5.91 Å². The zero-order valence-corrected chi connectivity index (χ0v) is 11.5. The summed E-state index contributed by atoms with van der Waals surface area (Å²) in [6, 6.07) is 0.288. The van der Waals surface area contributed by atoms with Gasteiger partial charge in [-0.3, -0.25) is 4.79 Å². The molecule has 0 radical (unpaired) electrons. The smallest absolute Gasteiger partial charge is 0.246 e. The Balaban J connectivity index is 2.26. The average molecular weight is 241 g/mol. The largest absolute Gasteiger partial charge is 0.369 e. The van der Waals surface area contributed by atoms with E-state index in [1.807, 2.05) is 13.8 Å². The summed E-state index contributed by atoms with van der Waals surface area (Å²) in [7, 11) is 0. The highest BCUT2D eigenvalue weighted by atomic mass is 16.5. The molecule has 3 heteroatoms. The highest BCUT2D eigenvalue weighted by Crippen LogP contribution is 2.25. The van der Waals surface area contributed by atoms with E-state index < -0.39 is 0 Å². The second-order valence-corrected chi connectivity index (χ2v) is 5.47. The van der Waals surface area contributed by atoms with Crippen LogP contribution in [0.2, 0.25) is 0 Å². The third-order valence-electron chi connectivity index (χ3n) is 3.54. The zero-order valence-electron chi connectivity index (χ0n) is 11.5. The first-order chi connectivity index (χ1) is 8.09. The molecule has 0 aliphatic heterocycles. The van der Waals surface area contributed by atoms with Crippen LogP contribution in [0, 0.1) is 5.92 Å². The van der Waals surface area contributed by atoms with Crippen LogP contribution in [0.25, 0.3) is 0 Å². The van der Waals surface area contributed by atoms with Crippen LogP contribution in [0.1, 0.15) is 59.3 Å². The lowest BCUT2D eigenvalue weighted by Crippen LogP contribution is -2.40. The van der Waals surface area contributed by atoms with Crippen molar-refractivity contribution in [2.45, 2.75) is 71.4 Å². The van der Waals surface area contributed by atoms with Crippen molar-refractivity contribution in [2.24, 2.45) is 5.92 Å². The van der Waals surface area contributed by atoms with Crippen molar-refractivity contribution in [3.8, 4) is 0 Å². The van der Waals surface area contributed by atoms with Gasteiger partial charge in [0.05, 0.1) is 6.10 Å². The summed E-state index contributed by atoms with van der Waals surface area (Å²) in [6.07, 6.45) is 7.97. The monoisotopic (exact) mass is 241 g/mol. The van der Waals surface area contributed by atoms with Gasteiger partial charge in [-0.05, 0) is 39.5 Å². The molecule has 100 valence electrons. The minimum Gasteiger partial charge on any atom is -0.369 e. The summed E-state index contributed by atoms with van der Waals surface area (Å²) >= 11 is 0. The molecule has 1 amide bonds. The van der Waals surface area contributed by atoms with E-state index in [-0.39, 0.29) is 24.7 Å². The molecule has 0 heterocycles. The van der Waals surface area contributed by atoms with Crippen LogP contribution in [-0.4, -0.2) is 24.7 Å². The molecule has 0 saturated heterocycles. The van der Waals surface area contributed by atoms with Crippen molar-refractivity contribution in [1.29, 1.82) is 0 Å². The number of rotatable bonds is 5. The second-order valence-electron chi connectivity index (χ2n) is 5.47. The van der Waals surface area contributed by atoms with Crippen molar-refractivity contribution in [2.75, 3.05) is 6.61 Å². The Kier molecular flexibility index (Phi) is 6.56. The number of amides is 1. The lowest BCUT2D eigenvalue weighted by atomic mass is 9.93. The minimum absolute atomic E-state index is 0.0236. The van der Waals surface area contributed by atoms with E-state index in [4.69, 9.17) is 4.74 Å². The van der Waals surface area contributed by atoms with Gasteiger partial charge in [0.1, 0.15) is 6.61 Å². The molecule has 1 saturated carbocycles. The topological polar surface area (TPSA) is 38.3 Å². The molecule has 1 N–H and O–H groups in total. The van der Waals surface area contributed by atoms with Gasteiger partial charge < -0.3 is 10.1 Å². The normalized spacial score (nSPS) is 20.0. The predicted octanol–water partition coefficient (Wildman–Crippen LogP) is 2.89. The average Bonchev–Trinajstić information content (AvgIpc) is 2.54. The first-order valence-electron chi connectivity index (χ1n) is 7.00. The molecule has 0 aromatic carbocycles. The molecule has 0 unspecified atom stereocenters. The summed E-state index contributed by atoms with van der Waals surface area (Å²) in [6.45, 7) is 6.21. The fourth-order valence-electron chi connectivity index (χ4n) is 2.47. The fraction of sp³-hybridized carbons (Fsp3) is 0.929. The van der Waals surface area contributed by atoms with Gasteiger partial charge >= 0.3 is 0 Å². The Morgan fingerprint density at radius 2 is 1.76 bits per heavy atom. The minimum atomic E-state index is 0.0236. The molecule has 1 aliphatic rings. The van der Waals surface area contributed by atoms with E-state index in [0.29, 0.717) is 5.92 Å². The van der Waals surface area contributed by atoms with E-state index in [0.717, 1.165) is 0 Å².